The van der Waals surface area contributed by atoms with Crippen molar-refractivity contribution in [2.45, 2.75) is 0 Å². The Labute approximate surface area is 67.8 Å². The van der Waals surface area contributed by atoms with Crippen LogP contribution in [0.15, 0.2) is 18.2 Å². The molecule has 0 aliphatic carbocycles. The summed E-state index contributed by atoms with van der Waals surface area (Å²) in [6, 6.07) is 3.29. The van der Waals surface area contributed by atoms with Crippen LogP contribution in [0.25, 0.3) is 0 Å². The second-order valence-electron chi connectivity index (χ2n) is 1.99. The first-order valence-corrected chi connectivity index (χ1v) is 3.27. The Morgan fingerprint density at radius 1 is 1.27 bits per heavy atom. The number of thiocarbonyl (C=S) groups is 1. The smallest absolute Gasteiger partial charge is 0.159 e. The van der Waals surface area contributed by atoms with E-state index in [1.807, 2.05) is 0 Å². The van der Waals surface area contributed by atoms with Crippen LogP contribution >= 0.6 is 12.2 Å². The Kier molecular flexibility index (Phi) is 2.14. The average molecular weight is 173 g/mol. The van der Waals surface area contributed by atoms with Crippen LogP contribution in [-0.2, 0) is 0 Å². The van der Waals surface area contributed by atoms with Gasteiger partial charge in [0, 0.05) is 5.56 Å². The summed E-state index contributed by atoms with van der Waals surface area (Å²) >= 11 is 4.55. The molecule has 0 aliphatic heterocycles. The first-order chi connectivity index (χ1) is 5.11. The molecule has 0 spiro atoms. The maximum Gasteiger partial charge on any atom is 0.159 e. The molecule has 0 radical (unpaired) electrons. The van der Waals surface area contributed by atoms with Gasteiger partial charge in [0.2, 0.25) is 0 Å². The van der Waals surface area contributed by atoms with E-state index in [9.17, 15) is 8.78 Å². The quantitative estimate of drug-likeness (QED) is 0.653. The molecule has 1 aromatic rings. The highest BCUT2D eigenvalue weighted by atomic mass is 32.1. The number of nitrogens with two attached hydrogens (primary N) is 1. The lowest BCUT2D eigenvalue weighted by molar-refractivity contribution is 0.508. The van der Waals surface area contributed by atoms with Crippen molar-refractivity contribution in [2.24, 2.45) is 5.73 Å². The SMILES string of the molecule is NC(=S)c1ccc(F)c(F)c1. The van der Waals surface area contributed by atoms with E-state index in [1.54, 1.807) is 0 Å². The fourth-order valence-corrected chi connectivity index (χ4v) is 0.776. The minimum Gasteiger partial charge on any atom is -0.389 e. The van der Waals surface area contributed by atoms with Crippen LogP contribution in [0.3, 0.4) is 0 Å². The van der Waals surface area contributed by atoms with E-state index < -0.39 is 11.6 Å². The minimum atomic E-state index is -0.935. The topological polar surface area (TPSA) is 26.0 Å². The Balaban J connectivity index is 3.15. The van der Waals surface area contributed by atoms with Gasteiger partial charge in [-0.1, -0.05) is 12.2 Å². The van der Waals surface area contributed by atoms with Crippen molar-refractivity contribution in [3.05, 3.63) is 35.4 Å². The lowest BCUT2D eigenvalue weighted by Crippen LogP contribution is -2.09. The lowest BCUT2D eigenvalue weighted by Gasteiger charge is -1.97. The molecule has 0 aliphatic rings. The van der Waals surface area contributed by atoms with Crippen molar-refractivity contribution in [3.8, 4) is 0 Å². The van der Waals surface area contributed by atoms with Crippen molar-refractivity contribution >= 4 is 17.2 Å². The zero-order valence-corrected chi connectivity index (χ0v) is 6.29. The Morgan fingerprint density at radius 3 is 2.36 bits per heavy atom. The molecular weight excluding hydrogens is 168 g/mol. The van der Waals surface area contributed by atoms with Gasteiger partial charge >= 0.3 is 0 Å². The lowest BCUT2D eigenvalue weighted by atomic mass is 10.2. The third-order valence-corrected chi connectivity index (χ3v) is 1.44. The highest BCUT2D eigenvalue weighted by molar-refractivity contribution is 7.80. The molecule has 1 aromatic carbocycles. The molecule has 0 saturated carbocycles. The molecule has 0 aromatic heterocycles. The van der Waals surface area contributed by atoms with Crippen LogP contribution in [0.4, 0.5) is 8.78 Å². The number of rotatable bonds is 1. The van der Waals surface area contributed by atoms with Crippen LogP contribution in [0, 0.1) is 11.6 Å². The fourth-order valence-electron chi connectivity index (χ4n) is 0.649. The van der Waals surface area contributed by atoms with E-state index in [2.05, 4.69) is 12.2 Å². The van der Waals surface area contributed by atoms with Crippen molar-refractivity contribution in [1.29, 1.82) is 0 Å². The van der Waals surface area contributed by atoms with E-state index in [1.165, 1.54) is 6.07 Å². The predicted molar refractivity (Wildman–Crippen MR) is 42.2 cm³/mol. The van der Waals surface area contributed by atoms with Crippen LogP contribution in [0.1, 0.15) is 5.56 Å². The minimum absolute atomic E-state index is 0.0592. The Morgan fingerprint density at radius 2 is 1.91 bits per heavy atom. The highest BCUT2D eigenvalue weighted by Crippen LogP contribution is 2.07. The number of benzene rings is 1. The van der Waals surface area contributed by atoms with Crippen molar-refractivity contribution < 1.29 is 8.78 Å². The maximum atomic E-state index is 12.4. The largest absolute Gasteiger partial charge is 0.389 e. The van der Waals surface area contributed by atoms with E-state index in [4.69, 9.17) is 5.73 Å². The molecule has 0 bridgehead atoms. The highest BCUT2D eigenvalue weighted by Gasteiger charge is 2.02. The average Bonchev–Trinajstić information content (AvgIpc) is 1.94. The van der Waals surface area contributed by atoms with Crippen molar-refractivity contribution in [1.82, 2.24) is 0 Å². The molecule has 58 valence electrons. The number of hydrogen-bond acceptors (Lipinski definition) is 1. The first kappa shape index (κ1) is 8.07. The molecule has 11 heavy (non-hydrogen) atoms. The fraction of sp³-hybridized carbons (Fsp3) is 0. The second-order valence-corrected chi connectivity index (χ2v) is 2.43. The molecular formula is C7H5F2NS. The van der Waals surface area contributed by atoms with Crippen LogP contribution in [-0.4, -0.2) is 4.99 Å². The van der Waals surface area contributed by atoms with Gasteiger partial charge in [-0.2, -0.15) is 0 Å². The Hall–Kier alpha value is -1.03. The molecule has 0 atom stereocenters. The van der Waals surface area contributed by atoms with Crippen LogP contribution < -0.4 is 5.73 Å². The summed E-state index contributed by atoms with van der Waals surface area (Å²) in [4.78, 5) is 0.0592. The second kappa shape index (κ2) is 2.92. The van der Waals surface area contributed by atoms with Gasteiger partial charge in [0.05, 0.1) is 0 Å². The maximum absolute atomic E-state index is 12.4. The zero-order valence-electron chi connectivity index (χ0n) is 5.47. The van der Waals surface area contributed by atoms with Gasteiger partial charge in [0.25, 0.3) is 0 Å². The Bertz CT molecular complexity index is 298. The van der Waals surface area contributed by atoms with Gasteiger partial charge in [-0.15, -0.1) is 0 Å². The van der Waals surface area contributed by atoms with Crippen LogP contribution in [0.5, 0.6) is 0 Å². The standard InChI is InChI=1S/C7H5F2NS/c8-5-2-1-4(7(10)11)3-6(5)9/h1-3H,(H2,10,11). The molecule has 1 rings (SSSR count). The van der Waals surface area contributed by atoms with Crippen molar-refractivity contribution in [2.75, 3.05) is 0 Å². The normalized spacial score (nSPS) is 9.64. The summed E-state index contributed by atoms with van der Waals surface area (Å²) < 4.78 is 24.8. The molecule has 2 N–H and O–H groups in total. The summed E-state index contributed by atoms with van der Waals surface area (Å²) in [5, 5.41) is 0. The molecule has 0 unspecified atom stereocenters. The van der Waals surface area contributed by atoms with Gasteiger partial charge in [0.1, 0.15) is 4.99 Å². The third-order valence-electron chi connectivity index (χ3n) is 1.20. The summed E-state index contributed by atoms with van der Waals surface area (Å²) in [5.41, 5.74) is 5.51. The molecule has 0 heterocycles. The van der Waals surface area contributed by atoms with Gasteiger partial charge < -0.3 is 5.73 Å². The van der Waals surface area contributed by atoms with E-state index in [-0.39, 0.29) is 4.99 Å². The predicted octanol–water partition coefficient (Wildman–Crippen LogP) is 1.60. The van der Waals surface area contributed by atoms with Gasteiger partial charge in [-0.25, -0.2) is 8.78 Å². The number of halogens is 2. The summed E-state index contributed by atoms with van der Waals surface area (Å²) in [5.74, 6) is -1.83. The van der Waals surface area contributed by atoms with Gasteiger partial charge in [-0.3, -0.25) is 0 Å². The molecule has 0 saturated heterocycles. The van der Waals surface area contributed by atoms with E-state index in [0.717, 1.165) is 12.1 Å². The summed E-state index contributed by atoms with van der Waals surface area (Å²) in [6.45, 7) is 0. The summed E-state index contributed by atoms with van der Waals surface area (Å²) in [7, 11) is 0. The monoisotopic (exact) mass is 173 g/mol. The van der Waals surface area contributed by atoms with E-state index >= 15 is 0 Å². The summed E-state index contributed by atoms with van der Waals surface area (Å²) in [6.07, 6.45) is 0. The molecule has 0 amide bonds. The molecule has 1 nitrogen and oxygen atoms in total. The number of hydrogen-bond donors (Lipinski definition) is 1. The molecule has 0 fully saturated rings. The van der Waals surface area contributed by atoms with Gasteiger partial charge in [0.15, 0.2) is 11.6 Å². The third kappa shape index (κ3) is 1.71. The van der Waals surface area contributed by atoms with Crippen LogP contribution in [0.2, 0.25) is 0 Å². The zero-order chi connectivity index (χ0) is 8.43. The van der Waals surface area contributed by atoms with E-state index in [0.29, 0.717) is 5.56 Å². The first-order valence-electron chi connectivity index (χ1n) is 2.86. The van der Waals surface area contributed by atoms with Gasteiger partial charge in [-0.05, 0) is 18.2 Å². The van der Waals surface area contributed by atoms with Crippen molar-refractivity contribution in [3.63, 3.8) is 0 Å². The molecule has 4 heteroatoms.